The van der Waals surface area contributed by atoms with Crippen LogP contribution >= 0.6 is 0 Å². The average Bonchev–Trinajstić information content (AvgIpc) is 3.25. The van der Waals surface area contributed by atoms with E-state index in [0.717, 1.165) is 49.1 Å². The summed E-state index contributed by atoms with van der Waals surface area (Å²) in [5, 5.41) is 13.7. The molecule has 1 saturated heterocycles. The molecule has 1 amide bonds. The Kier molecular flexibility index (Phi) is 7.66. The van der Waals surface area contributed by atoms with Crippen LogP contribution in [0.25, 0.3) is 22.2 Å². The van der Waals surface area contributed by atoms with Gasteiger partial charge >= 0.3 is 0 Å². The van der Waals surface area contributed by atoms with Crippen molar-refractivity contribution >= 4 is 16.9 Å². The molecular formula is C27H36N4O3. The fraction of sp³-hybridized carbons (Fsp3) is 0.481. The van der Waals surface area contributed by atoms with Gasteiger partial charge in [0, 0.05) is 49.6 Å². The second-order valence-electron chi connectivity index (χ2n) is 9.88. The zero-order valence-electron chi connectivity index (χ0n) is 20.6. The molecule has 1 fully saturated rings. The molecule has 3 heterocycles. The highest BCUT2D eigenvalue weighted by atomic mass is 16.5. The first-order valence-corrected chi connectivity index (χ1v) is 12.1. The van der Waals surface area contributed by atoms with Gasteiger partial charge in [0.2, 0.25) is 0 Å². The fourth-order valence-electron chi connectivity index (χ4n) is 4.55. The molecule has 1 aromatic carbocycles. The van der Waals surface area contributed by atoms with Gasteiger partial charge in [0.15, 0.2) is 0 Å². The number of aliphatic hydroxyl groups excluding tert-OH is 1. The Hall–Kier alpha value is -2.74. The molecule has 0 saturated carbocycles. The molecule has 7 nitrogen and oxygen atoms in total. The zero-order chi connectivity index (χ0) is 24.2. The van der Waals surface area contributed by atoms with E-state index in [0.29, 0.717) is 17.1 Å². The third-order valence-electron chi connectivity index (χ3n) is 6.64. The highest BCUT2D eigenvalue weighted by Gasteiger charge is 2.20. The lowest BCUT2D eigenvalue weighted by Gasteiger charge is -2.26. The number of H-pyrrole nitrogens is 1. The summed E-state index contributed by atoms with van der Waals surface area (Å²) >= 11 is 0. The number of rotatable bonds is 8. The summed E-state index contributed by atoms with van der Waals surface area (Å²) < 4.78 is 5.57. The number of carbonyl (C=O) groups is 1. The van der Waals surface area contributed by atoms with Crippen molar-refractivity contribution in [3.63, 3.8) is 0 Å². The Morgan fingerprint density at radius 1 is 1.24 bits per heavy atom. The van der Waals surface area contributed by atoms with Gasteiger partial charge in [-0.2, -0.15) is 0 Å². The van der Waals surface area contributed by atoms with Crippen LogP contribution in [-0.2, 0) is 11.3 Å². The van der Waals surface area contributed by atoms with Gasteiger partial charge in [-0.3, -0.25) is 4.79 Å². The van der Waals surface area contributed by atoms with E-state index in [1.165, 1.54) is 11.1 Å². The standard InChI is InChI=1S/C27H36N4O3/c1-17(2)25(32)15-30-27(33)24-14-29-26-23(24)12-20(13-28-26)19-5-6-22(18-7-9-34-10-8-18)21(11-19)16-31(3)4/h5-6,11-14,17-18,25,32H,7-10,15-16H2,1-4H3,(H,28,29)(H,30,33). The Morgan fingerprint density at radius 3 is 2.71 bits per heavy atom. The lowest BCUT2D eigenvalue weighted by atomic mass is 9.86. The van der Waals surface area contributed by atoms with Crippen molar-refractivity contribution in [1.29, 1.82) is 0 Å². The minimum Gasteiger partial charge on any atom is -0.391 e. The molecule has 0 spiro atoms. The molecule has 4 rings (SSSR count). The number of hydrogen-bond donors (Lipinski definition) is 3. The number of hydrogen-bond acceptors (Lipinski definition) is 5. The minimum absolute atomic E-state index is 0.0806. The Labute approximate surface area is 201 Å². The molecule has 34 heavy (non-hydrogen) atoms. The van der Waals surface area contributed by atoms with Gasteiger partial charge in [-0.25, -0.2) is 4.98 Å². The number of nitrogens with one attached hydrogen (secondary N) is 2. The molecular weight excluding hydrogens is 428 g/mol. The molecule has 2 aromatic heterocycles. The van der Waals surface area contributed by atoms with Gasteiger partial charge in [0.05, 0.1) is 11.7 Å². The molecule has 1 unspecified atom stereocenters. The molecule has 0 radical (unpaired) electrons. The normalized spacial score (nSPS) is 15.9. The average molecular weight is 465 g/mol. The number of amides is 1. The predicted octanol–water partition coefficient (Wildman–Crippen LogP) is 3.93. The van der Waals surface area contributed by atoms with Crippen LogP contribution in [-0.4, -0.2) is 65.8 Å². The lowest BCUT2D eigenvalue weighted by molar-refractivity contribution is 0.0850. The van der Waals surface area contributed by atoms with Gasteiger partial charge in [-0.05, 0) is 67.6 Å². The van der Waals surface area contributed by atoms with E-state index >= 15 is 0 Å². The summed E-state index contributed by atoms with van der Waals surface area (Å²) in [5.74, 6) is 0.393. The quantitative estimate of drug-likeness (QED) is 0.470. The number of nitrogens with zero attached hydrogens (tertiary/aromatic N) is 2. The maximum atomic E-state index is 12.8. The van der Waals surface area contributed by atoms with Crippen molar-refractivity contribution < 1.29 is 14.6 Å². The molecule has 182 valence electrons. The van der Waals surface area contributed by atoms with Crippen LogP contribution in [0.2, 0.25) is 0 Å². The third-order valence-corrected chi connectivity index (χ3v) is 6.64. The van der Waals surface area contributed by atoms with Crippen LogP contribution in [0.5, 0.6) is 0 Å². The van der Waals surface area contributed by atoms with E-state index in [9.17, 15) is 9.90 Å². The van der Waals surface area contributed by atoms with Gasteiger partial charge in [0.1, 0.15) is 5.65 Å². The smallest absolute Gasteiger partial charge is 0.253 e. The maximum Gasteiger partial charge on any atom is 0.253 e. The Morgan fingerprint density at radius 2 is 2.00 bits per heavy atom. The topological polar surface area (TPSA) is 90.5 Å². The number of aromatic nitrogens is 2. The van der Waals surface area contributed by atoms with E-state index in [1.807, 2.05) is 26.1 Å². The number of aromatic amines is 1. The van der Waals surface area contributed by atoms with Crippen LogP contribution in [0, 0.1) is 5.92 Å². The monoisotopic (exact) mass is 464 g/mol. The number of ether oxygens (including phenoxy) is 1. The van der Waals surface area contributed by atoms with Crippen molar-refractivity contribution in [3.8, 4) is 11.1 Å². The van der Waals surface area contributed by atoms with E-state index < -0.39 is 6.10 Å². The summed E-state index contributed by atoms with van der Waals surface area (Å²) in [6.45, 7) is 6.58. The highest BCUT2D eigenvalue weighted by Crippen LogP contribution is 2.33. The summed E-state index contributed by atoms with van der Waals surface area (Å²) in [6, 6.07) is 8.71. The molecule has 0 bridgehead atoms. The Bertz CT molecular complexity index is 1130. The van der Waals surface area contributed by atoms with Crippen molar-refractivity contribution in [2.75, 3.05) is 33.9 Å². The molecule has 1 aliphatic rings. The van der Waals surface area contributed by atoms with Crippen LogP contribution in [0.15, 0.2) is 36.7 Å². The molecule has 0 aliphatic carbocycles. The second kappa shape index (κ2) is 10.7. The van der Waals surface area contributed by atoms with Crippen LogP contribution in [0.4, 0.5) is 0 Å². The van der Waals surface area contributed by atoms with Gasteiger partial charge in [-0.15, -0.1) is 0 Å². The summed E-state index contributed by atoms with van der Waals surface area (Å²) in [5.41, 5.74) is 5.99. The minimum atomic E-state index is -0.577. The van der Waals surface area contributed by atoms with Crippen molar-refractivity contribution in [3.05, 3.63) is 53.3 Å². The molecule has 1 atom stereocenters. The number of carbonyl (C=O) groups excluding carboxylic acids is 1. The summed E-state index contributed by atoms with van der Waals surface area (Å²) in [4.78, 5) is 22.7. The number of pyridine rings is 1. The number of fused-ring (bicyclic) bond motifs is 1. The van der Waals surface area contributed by atoms with Crippen molar-refractivity contribution in [2.45, 2.75) is 45.3 Å². The highest BCUT2D eigenvalue weighted by molar-refractivity contribution is 6.06. The zero-order valence-corrected chi connectivity index (χ0v) is 20.6. The van der Waals surface area contributed by atoms with Crippen LogP contribution in [0.1, 0.15) is 54.1 Å². The molecule has 1 aliphatic heterocycles. The first kappa shape index (κ1) is 24.4. The van der Waals surface area contributed by atoms with Crippen molar-refractivity contribution in [1.82, 2.24) is 20.2 Å². The molecule has 7 heteroatoms. The number of aliphatic hydroxyl groups is 1. The van der Waals surface area contributed by atoms with Crippen LogP contribution in [0.3, 0.4) is 0 Å². The largest absolute Gasteiger partial charge is 0.391 e. The summed E-state index contributed by atoms with van der Waals surface area (Å²) in [7, 11) is 4.18. The van der Waals surface area contributed by atoms with Crippen LogP contribution < -0.4 is 5.32 Å². The first-order chi connectivity index (χ1) is 16.3. The van der Waals surface area contributed by atoms with Crippen molar-refractivity contribution in [2.24, 2.45) is 5.92 Å². The maximum absolute atomic E-state index is 12.8. The Balaban J connectivity index is 1.64. The van der Waals surface area contributed by atoms with Gasteiger partial charge < -0.3 is 25.0 Å². The first-order valence-electron chi connectivity index (χ1n) is 12.1. The molecule has 3 aromatic rings. The second-order valence-corrected chi connectivity index (χ2v) is 9.88. The third kappa shape index (κ3) is 5.49. The predicted molar refractivity (Wildman–Crippen MR) is 135 cm³/mol. The fourth-order valence-corrected chi connectivity index (χ4v) is 4.55. The van der Waals surface area contributed by atoms with E-state index in [2.05, 4.69) is 52.5 Å². The van der Waals surface area contributed by atoms with Gasteiger partial charge in [0.25, 0.3) is 5.91 Å². The summed E-state index contributed by atoms with van der Waals surface area (Å²) in [6.07, 6.45) is 5.07. The van der Waals surface area contributed by atoms with E-state index in [-0.39, 0.29) is 18.4 Å². The SMILES string of the molecule is CC(C)C(O)CNC(=O)c1c[nH]c2ncc(-c3ccc(C4CCOCC4)c(CN(C)C)c3)cc12. The van der Waals surface area contributed by atoms with E-state index in [4.69, 9.17) is 4.74 Å². The van der Waals surface area contributed by atoms with E-state index in [1.54, 1.807) is 6.20 Å². The number of benzene rings is 1. The lowest BCUT2D eigenvalue weighted by Crippen LogP contribution is -2.34. The molecule has 3 N–H and O–H groups in total. The van der Waals surface area contributed by atoms with Gasteiger partial charge in [-0.1, -0.05) is 26.0 Å².